The van der Waals surface area contributed by atoms with Gasteiger partial charge in [0.05, 0.1) is 0 Å². The number of benzene rings is 1. The topological polar surface area (TPSA) is 0 Å². The van der Waals surface area contributed by atoms with Crippen molar-refractivity contribution in [3.05, 3.63) is 30.3 Å². The summed E-state index contributed by atoms with van der Waals surface area (Å²) in [6, 6.07) is 10.9. The van der Waals surface area contributed by atoms with E-state index in [4.69, 9.17) is 0 Å². The SMILES string of the molecule is CC[CH](C)[Mg][c]1ccccc1. The van der Waals surface area contributed by atoms with Gasteiger partial charge in [-0.05, 0) is 0 Å². The monoisotopic (exact) mass is 158 g/mol. The summed E-state index contributed by atoms with van der Waals surface area (Å²) in [6.45, 7) is 4.64. The second-order valence-corrected chi connectivity index (χ2v) is 5.82. The Balaban J connectivity index is 2.51. The molecule has 0 nitrogen and oxygen atoms in total. The van der Waals surface area contributed by atoms with Gasteiger partial charge in [-0.1, -0.05) is 50.6 Å². The molecule has 1 unspecified atom stereocenters. The predicted molar refractivity (Wildman–Crippen MR) is 51.5 cm³/mol. The minimum absolute atomic E-state index is 0.0129. The third-order valence-electron chi connectivity index (χ3n) is 2.12. The maximum absolute atomic E-state index is 2.36. The van der Waals surface area contributed by atoms with Gasteiger partial charge in [-0.2, -0.15) is 3.69 Å². The maximum atomic E-state index is 2.36. The van der Waals surface area contributed by atoms with Crippen LogP contribution >= 0.6 is 0 Å². The lowest BCUT2D eigenvalue weighted by Gasteiger charge is -2.04. The molecular weight excluding hydrogens is 144 g/mol. The first-order valence-corrected chi connectivity index (χ1v) is 5.89. The third kappa shape index (κ3) is 3.26. The van der Waals surface area contributed by atoms with Gasteiger partial charge in [0.1, 0.15) is 0 Å². The van der Waals surface area contributed by atoms with Gasteiger partial charge in [-0.25, -0.2) is 0 Å². The van der Waals surface area contributed by atoms with Crippen LogP contribution in [-0.2, 0) is 0 Å². The lowest BCUT2D eigenvalue weighted by Crippen LogP contribution is -2.16. The van der Waals surface area contributed by atoms with E-state index in [0.717, 1.165) is 4.05 Å². The van der Waals surface area contributed by atoms with Crippen molar-refractivity contribution in [3.8, 4) is 0 Å². The zero-order valence-electron chi connectivity index (χ0n) is 7.38. The molecule has 0 fully saturated rings. The Morgan fingerprint density at radius 1 is 1.27 bits per heavy atom. The van der Waals surface area contributed by atoms with E-state index in [-0.39, 0.29) is 20.4 Å². The smallest absolute Gasteiger partial charge is 0.174 e. The van der Waals surface area contributed by atoms with Gasteiger partial charge in [-0.15, -0.1) is 4.05 Å². The van der Waals surface area contributed by atoms with Gasteiger partial charge in [0.2, 0.25) is 0 Å². The van der Waals surface area contributed by atoms with Crippen LogP contribution in [0.25, 0.3) is 0 Å². The molecule has 1 aromatic rings. The van der Waals surface area contributed by atoms with Crippen molar-refractivity contribution in [2.75, 3.05) is 0 Å². The zero-order valence-corrected chi connectivity index (χ0v) is 8.79. The van der Waals surface area contributed by atoms with E-state index < -0.39 is 0 Å². The molecule has 11 heavy (non-hydrogen) atoms. The fraction of sp³-hybridized carbons (Fsp3) is 0.400. The van der Waals surface area contributed by atoms with E-state index in [9.17, 15) is 0 Å². The lowest BCUT2D eigenvalue weighted by atomic mass is 10.3. The van der Waals surface area contributed by atoms with Crippen LogP contribution in [0.5, 0.6) is 0 Å². The van der Waals surface area contributed by atoms with Crippen molar-refractivity contribution in [1.29, 1.82) is 0 Å². The van der Waals surface area contributed by atoms with E-state index in [1.165, 1.54) is 6.42 Å². The molecule has 56 valence electrons. The predicted octanol–water partition coefficient (Wildman–Crippen LogP) is 2.23. The number of hydrogen-bond donors (Lipinski definition) is 0. The van der Waals surface area contributed by atoms with Crippen LogP contribution in [-0.4, -0.2) is 20.4 Å². The first-order valence-electron chi connectivity index (χ1n) is 4.37. The highest BCUT2D eigenvalue weighted by Gasteiger charge is 2.04. The molecule has 1 aromatic carbocycles. The summed E-state index contributed by atoms with van der Waals surface area (Å²) in [5, 5.41) is 0. The molecule has 0 aliphatic heterocycles. The van der Waals surface area contributed by atoms with Gasteiger partial charge in [0.15, 0.2) is 0 Å². The largest absolute Gasteiger partial charge is 0.412 e. The van der Waals surface area contributed by atoms with Crippen molar-refractivity contribution in [2.24, 2.45) is 0 Å². The summed E-state index contributed by atoms with van der Waals surface area (Å²) in [7, 11) is 0. The molecule has 1 heteroatoms. The Bertz CT molecular complexity index is 193. The Labute approximate surface area is 78.7 Å². The van der Waals surface area contributed by atoms with Crippen molar-refractivity contribution in [3.63, 3.8) is 0 Å². The zero-order chi connectivity index (χ0) is 8.10. The molecule has 0 aromatic heterocycles. The lowest BCUT2D eigenvalue weighted by molar-refractivity contribution is 0.874. The maximum Gasteiger partial charge on any atom is 0.412 e. The number of rotatable bonds is 3. The molecule has 0 saturated carbocycles. The van der Waals surface area contributed by atoms with Crippen molar-refractivity contribution >= 4 is 24.1 Å². The third-order valence-corrected chi connectivity index (χ3v) is 4.34. The molecule has 0 aliphatic rings. The van der Waals surface area contributed by atoms with Crippen LogP contribution in [0, 0.1) is 0 Å². The van der Waals surface area contributed by atoms with E-state index in [1.807, 2.05) is 0 Å². The Hall–Kier alpha value is -0.0138. The van der Waals surface area contributed by atoms with E-state index in [1.54, 1.807) is 3.69 Å². The molecular formula is C10H14Mg. The van der Waals surface area contributed by atoms with Gasteiger partial charge in [0, 0.05) is 0 Å². The quantitative estimate of drug-likeness (QED) is 0.592. The molecule has 0 saturated heterocycles. The highest BCUT2D eigenvalue weighted by molar-refractivity contribution is 6.54. The van der Waals surface area contributed by atoms with Gasteiger partial charge in [0.25, 0.3) is 0 Å². The molecule has 1 rings (SSSR count). The molecule has 0 spiro atoms. The average Bonchev–Trinajstić information content (AvgIpc) is 2.06. The first kappa shape index (κ1) is 9.08. The second-order valence-electron chi connectivity index (χ2n) is 3.20. The molecule has 0 bridgehead atoms. The van der Waals surface area contributed by atoms with Crippen molar-refractivity contribution in [1.82, 2.24) is 0 Å². The molecule has 0 aliphatic carbocycles. The molecule has 1 atom stereocenters. The Kier molecular flexibility index (Phi) is 3.95. The highest BCUT2D eigenvalue weighted by Crippen LogP contribution is 2.04. The number of hydrogen-bond acceptors (Lipinski definition) is 0. The Morgan fingerprint density at radius 3 is 2.45 bits per heavy atom. The summed E-state index contributed by atoms with van der Waals surface area (Å²) in [6.07, 6.45) is 1.33. The summed E-state index contributed by atoms with van der Waals surface area (Å²) in [4.78, 5) is 0. The van der Waals surface area contributed by atoms with Crippen LogP contribution in [0.15, 0.2) is 30.3 Å². The highest BCUT2D eigenvalue weighted by atomic mass is 24.5. The molecule has 0 amide bonds. The van der Waals surface area contributed by atoms with E-state index in [0.29, 0.717) is 0 Å². The van der Waals surface area contributed by atoms with Crippen molar-refractivity contribution < 1.29 is 0 Å². The van der Waals surface area contributed by atoms with Crippen LogP contribution in [0.4, 0.5) is 0 Å². The Morgan fingerprint density at radius 2 is 1.91 bits per heavy atom. The normalized spacial score (nSPS) is 12.2. The molecule has 0 heterocycles. The standard InChI is InChI=1S/C6H5.C4H9.Mg/c1-2-4-6-5-3-1;1-3-4-2;/h1-5H;3H,4H2,1-2H3;. The van der Waals surface area contributed by atoms with Crippen LogP contribution < -0.4 is 3.69 Å². The fourth-order valence-electron chi connectivity index (χ4n) is 1.16. The van der Waals surface area contributed by atoms with Gasteiger partial charge >= 0.3 is 20.4 Å². The average molecular weight is 159 g/mol. The summed E-state index contributed by atoms with van der Waals surface area (Å²) >= 11 is 0.0129. The van der Waals surface area contributed by atoms with Crippen LogP contribution in [0.1, 0.15) is 20.3 Å². The van der Waals surface area contributed by atoms with Crippen molar-refractivity contribution in [2.45, 2.75) is 24.3 Å². The van der Waals surface area contributed by atoms with E-state index >= 15 is 0 Å². The summed E-state index contributed by atoms with van der Waals surface area (Å²) in [5.74, 6) is 0. The van der Waals surface area contributed by atoms with Crippen LogP contribution in [0.2, 0.25) is 4.05 Å². The first-order chi connectivity index (χ1) is 5.33. The van der Waals surface area contributed by atoms with Gasteiger partial charge in [-0.3, -0.25) is 0 Å². The van der Waals surface area contributed by atoms with Crippen LogP contribution in [0.3, 0.4) is 0 Å². The van der Waals surface area contributed by atoms with Gasteiger partial charge < -0.3 is 0 Å². The van der Waals surface area contributed by atoms with E-state index in [2.05, 4.69) is 44.2 Å². The summed E-state index contributed by atoms with van der Waals surface area (Å²) in [5.41, 5.74) is 0. The molecule has 0 N–H and O–H groups in total. The summed E-state index contributed by atoms with van der Waals surface area (Å²) < 4.78 is 2.55. The second kappa shape index (κ2) is 4.78. The minimum Gasteiger partial charge on any atom is -0.174 e. The molecule has 0 radical (unpaired) electrons. The fourth-order valence-corrected chi connectivity index (χ4v) is 2.80. The minimum atomic E-state index is 0.0129.